The van der Waals surface area contributed by atoms with Gasteiger partial charge in [-0.3, -0.25) is 14.3 Å². The van der Waals surface area contributed by atoms with Crippen molar-refractivity contribution in [2.24, 2.45) is 0 Å². The van der Waals surface area contributed by atoms with Gasteiger partial charge in [-0.25, -0.2) is 0 Å². The molecule has 92 valence electrons. The van der Waals surface area contributed by atoms with Crippen LogP contribution in [0.2, 0.25) is 0 Å². The molecule has 0 saturated heterocycles. The fraction of sp³-hybridized carbons (Fsp3) is 0.0769. The van der Waals surface area contributed by atoms with Crippen molar-refractivity contribution in [3.63, 3.8) is 0 Å². The molecule has 0 saturated carbocycles. The highest BCUT2D eigenvalue weighted by molar-refractivity contribution is 7.84. The summed E-state index contributed by atoms with van der Waals surface area (Å²) in [7, 11) is -1.12. The van der Waals surface area contributed by atoms with Crippen molar-refractivity contribution in [1.29, 1.82) is 0 Å². The van der Waals surface area contributed by atoms with Gasteiger partial charge in [-0.15, -0.1) is 0 Å². The van der Waals surface area contributed by atoms with Crippen molar-refractivity contribution in [2.75, 3.05) is 0 Å². The first-order chi connectivity index (χ1) is 8.66. The molecule has 0 fully saturated rings. The zero-order valence-electron chi connectivity index (χ0n) is 9.48. The lowest BCUT2D eigenvalue weighted by Crippen LogP contribution is -1.96. The summed E-state index contributed by atoms with van der Waals surface area (Å²) < 4.78 is 12.0. The van der Waals surface area contributed by atoms with Gasteiger partial charge in [-0.2, -0.15) is 0 Å². The highest BCUT2D eigenvalue weighted by atomic mass is 32.2. The second kappa shape index (κ2) is 5.55. The van der Waals surface area contributed by atoms with Crippen molar-refractivity contribution >= 4 is 16.5 Å². The number of hydrogen-bond acceptors (Lipinski definition) is 3. The minimum Gasteiger partial charge on any atom is -0.258 e. The highest BCUT2D eigenvalue weighted by Gasteiger charge is 2.07. The largest absolute Gasteiger partial charge is 0.269 e. The lowest BCUT2D eigenvalue weighted by Gasteiger charge is -2.02. The van der Waals surface area contributed by atoms with Gasteiger partial charge in [-0.1, -0.05) is 30.3 Å². The molecule has 5 heteroatoms. The van der Waals surface area contributed by atoms with E-state index in [1.54, 1.807) is 12.1 Å². The van der Waals surface area contributed by atoms with Crippen molar-refractivity contribution in [1.82, 2.24) is 0 Å². The molecule has 0 spiro atoms. The molecule has 18 heavy (non-hydrogen) atoms. The Morgan fingerprint density at radius 3 is 2.17 bits per heavy atom. The maximum Gasteiger partial charge on any atom is 0.269 e. The SMILES string of the molecule is O=[N+]([O-])c1ccc(CS(=O)c2ccccc2)cc1. The summed E-state index contributed by atoms with van der Waals surface area (Å²) in [6.45, 7) is 0. The molecule has 1 atom stereocenters. The lowest BCUT2D eigenvalue weighted by atomic mass is 10.2. The lowest BCUT2D eigenvalue weighted by molar-refractivity contribution is -0.384. The van der Waals surface area contributed by atoms with Gasteiger partial charge in [0.05, 0.1) is 21.5 Å². The molecular formula is C13H11NO3S. The average Bonchev–Trinajstić information content (AvgIpc) is 2.40. The number of nitrogens with zero attached hydrogens (tertiary/aromatic N) is 1. The van der Waals surface area contributed by atoms with E-state index in [9.17, 15) is 14.3 Å². The van der Waals surface area contributed by atoms with Crippen LogP contribution in [-0.2, 0) is 16.6 Å². The summed E-state index contributed by atoms with van der Waals surface area (Å²) in [5.41, 5.74) is 0.868. The first-order valence-electron chi connectivity index (χ1n) is 5.33. The van der Waals surface area contributed by atoms with Gasteiger partial charge in [0.1, 0.15) is 0 Å². The molecule has 0 heterocycles. The molecule has 4 nitrogen and oxygen atoms in total. The molecule has 0 aliphatic rings. The minimum atomic E-state index is -1.12. The standard InChI is InChI=1S/C13H11NO3S/c15-14(16)12-8-6-11(7-9-12)10-18(17)13-4-2-1-3-5-13/h1-9H,10H2. The maximum atomic E-state index is 12.0. The van der Waals surface area contributed by atoms with Crippen LogP contribution in [0.4, 0.5) is 5.69 Å². The van der Waals surface area contributed by atoms with Crippen molar-refractivity contribution < 1.29 is 9.13 Å². The van der Waals surface area contributed by atoms with E-state index in [2.05, 4.69) is 0 Å². The zero-order valence-corrected chi connectivity index (χ0v) is 10.3. The van der Waals surface area contributed by atoms with Gasteiger partial charge < -0.3 is 0 Å². The predicted octanol–water partition coefficient (Wildman–Crippen LogP) is 2.90. The van der Waals surface area contributed by atoms with E-state index >= 15 is 0 Å². The van der Waals surface area contributed by atoms with Gasteiger partial charge in [-0.05, 0) is 17.7 Å². The number of hydrogen-bond donors (Lipinski definition) is 0. The molecule has 0 amide bonds. The van der Waals surface area contributed by atoms with E-state index in [0.29, 0.717) is 5.75 Å². The fourth-order valence-electron chi connectivity index (χ4n) is 1.52. The molecule has 0 aromatic heterocycles. The molecule has 0 aliphatic heterocycles. The number of nitro groups is 1. The monoisotopic (exact) mass is 261 g/mol. The molecule has 2 aromatic rings. The van der Waals surface area contributed by atoms with Gasteiger partial charge in [0.2, 0.25) is 0 Å². The minimum absolute atomic E-state index is 0.0456. The van der Waals surface area contributed by atoms with Crippen LogP contribution in [0.25, 0.3) is 0 Å². The Bertz CT molecular complexity index is 567. The van der Waals surface area contributed by atoms with Crippen LogP contribution in [0.3, 0.4) is 0 Å². The number of rotatable bonds is 4. The fourth-order valence-corrected chi connectivity index (χ4v) is 2.64. The van der Waals surface area contributed by atoms with E-state index in [1.165, 1.54) is 12.1 Å². The zero-order chi connectivity index (χ0) is 13.0. The number of benzene rings is 2. The second-order valence-corrected chi connectivity index (χ2v) is 5.18. The Balaban J connectivity index is 2.10. The van der Waals surface area contributed by atoms with Crippen LogP contribution in [0.1, 0.15) is 5.56 Å². The first kappa shape index (κ1) is 12.4. The molecule has 0 radical (unpaired) electrons. The molecule has 1 unspecified atom stereocenters. The van der Waals surface area contributed by atoms with E-state index in [4.69, 9.17) is 0 Å². The average molecular weight is 261 g/mol. The topological polar surface area (TPSA) is 60.2 Å². The number of nitro benzene ring substituents is 1. The highest BCUT2D eigenvalue weighted by Crippen LogP contribution is 2.15. The van der Waals surface area contributed by atoms with Gasteiger partial charge in [0, 0.05) is 17.0 Å². The smallest absolute Gasteiger partial charge is 0.258 e. The second-order valence-electron chi connectivity index (χ2n) is 3.73. The normalized spacial score (nSPS) is 12.0. The summed E-state index contributed by atoms with van der Waals surface area (Å²) >= 11 is 0. The molecule has 2 aromatic carbocycles. The molecule has 0 aliphatic carbocycles. The summed E-state index contributed by atoms with van der Waals surface area (Å²) in [4.78, 5) is 10.8. The van der Waals surface area contributed by atoms with Crippen LogP contribution >= 0.6 is 0 Å². The van der Waals surface area contributed by atoms with Gasteiger partial charge >= 0.3 is 0 Å². The Morgan fingerprint density at radius 2 is 1.61 bits per heavy atom. The third-order valence-corrected chi connectivity index (χ3v) is 3.84. The predicted molar refractivity (Wildman–Crippen MR) is 69.7 cm³/mol. The van der Waals surface area contributed by atoms with Crippen molar-refractivity contribution in [2.45, 2.75) is 10.6 Å². The third-order valence-electron chi connectivity index (χ3n) is 2.45. The van der Waals surface area contributed by atoms with E-state index in [-0.39, 0.29) is 5.69 Å². The van der Waals surface area contributed by atoms with Gasteiger partial charge in [0.25, 0.3) is 5.69 Å². The van der Waals surface area contributed by atoms with E-state index in [0.717, 1.165) is 10.5 Å². The Hall–Kier alpha value is -2.01. The summed E-state index contributed by atoms with van der Waals surface area (Å²) in [5, 5.41) is 10.5. The number of non-ortho nitro benzene ring substituents is 1. The van der Waals surface area contributed by atoms with Crippen molar-refractivity contribution in [3.8, 4) is 0 Å². The van der Waals surface area contributed by atoms with Crippen LogP contribution in [-0.4, -0.2) is 9.13 Å². The van der Waals surface area contributed by atoms with Gasteiger partial charge in [0.15, 0.2) is 0 Å². The Morgan fingerprint density at radius 1 is 1.00 bits per heavy atom. The van der Waals surface area contributed by atoms with E-state index < -0.39 is 15.7 Å². The van der Waals surface area contributed by atoms with Crippen LogP contribution < -0.4 is 0 Å². The van der Waals surface area contributed by atoms with Crippen molar-refractivity contribution in [3.05, 3.63) is 70.3 Å². The molecule has 2 rings (SSSR count). The summed E-state index contributed by atoms with van der Waals surface area (Å²) in [5.74, 6) is 0.363. The van der Waals surface area contributed by atoms with E-state index in [1.807, 2.05) is 30.3 Å². The molecular weight excluding hydrogens is 250 g/mol. The maximum absolute atomic E-state index is 12.0. The quantitative estimate of drug-likeness (QED) is 0.628. The summed E-state index contributed by atoms with van der Waals surface area (Å²) in [6.07, 6.45) is 0. The Kier molecular flexibility index (Phi) is 3.84. The first-order valence-corrected chi connectivity index (χ1v) is 6.65. The molecule has 0 N–H and O–H groups in total. The van der Waals surface area contributed by atoms with Crippen LogP contribution in [0.15, 0.2) is 59.5 Å². The van der Waals surface area contributed by atoms with Crippen LogP contribution in [0.5, 0.6) is 0 Å². The molecule has 0 bridgehead atoms. The van der Waals surface area contributed by atoms with Crippen LogP contribution in [0, 0.1) is 10.1 Å². The third kappa shape index (κ3) is 3.01. The Labute approximate surface area is 107 Å². The summed E-state index contributed by atoms with van der Waals surface area (Å²) in [6, 6.07) is 15.3.